The number of nitrogens with one attached hydrogen (secondary N) is 2. The van der Waals surface area contributed by atoms with Crippen LogP contribution in [-0.2, 0) is 23.1 Å². The number of benzene rings is 2. The molecule has 2 amide bonds. The Balaban J connectivity index is 1.54. The highest BCUT2D eigenvalue weighted by Gasteiger charge is 2.16. The molecule has 0 fully saturated rings. The number of thioether (sulfide) groups is 1. The summed E-state index contributed by atoms with van der Waals surface area (Å²) in [5, 5.41) is 24.9. The van der Waals surface area contributed by atoms with Crippen molar-refractivity contribution < 1.29 is 19.2 Å². The van der Waals surface area contributed by atoms with Crippen LogP contribution in [0.5, 0.6) is 5.75 Å². The Hall–Kier alpha value is -3.93. The van der Waals surface area contributed by atoms with E-state index in [1.54, 1.807) is 49.9 Å². The highest BCUT2D eigenvalue weighted by Crippen LogP contribution is 2.22. The molecule has 0 unspecified atom stereocenters. The molecule has 0 bridgehead atoms. The van der Waals surface area contributed by atoms with Gasteiger partial charge in [-0.3, -0.25) is 19.7 Å². The molecular weight excluding hydrogens is 448 g/mol. The number of rotatable bonds is 9. The predicted molar refractivity (Wildman–Crippen MR) is 124 cm³/mol. The van der Waals surface area contributed by atoms with Crippen molar-refractivity contribution in [1.29, 1.82) is 0 Å². The second-order valence-corrected chi connectivity index (χ2v) is 7.95. The van der Waals surface area contributed by atoms with Crippen molar-refractivity contribution in [1.82, 2.24) is 14.8 Å². The molecule has 12 heteroatoms. The van der Waals surface area contributed by atoms with Gasteiger partial charge in [0.15, 0.2) is 5.16 Å². The number of methoxy groups -OCH3 is 1. The molecule has 0 aliphatic carbocycles. The van der Waals surface area contributed by atoms with E-state index in [1.807, 2.05) is 0 Å². The summed E-state index contributed by atoms with van der Waals surface area (Å²) >= 11 is 1.17. The van der Waals surface area contributed by atoms with Crippen LogP contribution in [0.3, 0.4) is 0 Å². The Morgan fingerprint density at radius 1 is 1.15 bits per heavy atom. The number of aryl methyl sites for hydroxylation is 1. The molecule has 2 N–H and O–H groups in total. The van der Waals surface area contributed by atoms with Crippen molar-refractivity contribution in [2.24, 2.45) is 7.05 Å². The minimum atomic E-state index is -0.489. The molecule has 1 heterocycles. The minimum Gasteiger partial charge on any atom is -0.497 e. The highest BCUT2D eigenvalue weighted by molar-refractivity contribution is 7.99. The first-order valence-electron chi connectivity index (χ1n) is 9.76. The monoisotopic (exact) mass is 470 g/mol. The summed E-state index contributed by atoms with van der Waals surface area (Å²) in [7, 11) is 3.27. The van der Waals surface area contributed by atoms with Crippen molar-refractivity contribution >= 4 is 40.6 Å². The first-order valence-corrected chi connectivity index (χ1v) is 10.7. The summed E-state index contributed by atoms with van der Waals surface area (Å²) in [5.74, 6) is 0.578. The van der Waals surface area contributed by atoms with Crippen molar-refractivity contribution in [2.75, 3.05) is 23.5 Å². The van der Waals surface area contributed by atoms with Gasteiger partial charge in [0.1, 0.15) is 11.6 Å². The molecule has 0 aliphatic heterocycles. The number of carbonyl (C=O) groups excluding carboxylic acids is 2. The molecule has 3 aromatic rings. The van der Waals surface area contributed by atoms with Crippen LogP contribution in [-0.4, -0.2) is 44.4 Å². The van der Waals surface area contributed by atoms with Gasteiger partial charge in [-0.1, -0.05) is 17.8 Å². The quantitative estimate of drug-likeness (QED) is 0.276. The summed E-state index contributed by atoms with van der Waals surface area (Å²) in [4.78, 5) is 35.0. The summed E-state index contributed by atoms with van der Waals surface area (Å²) in [6.07, 6.45) is 0.00938. The van der Waals surface area contributed by atoms with Crippen LogP contribution >= 0.6 is 11.8 Å². The Bertz CT molecular complexity index is 1200. The summed E-state index contributed by atoms with van der Waals surface area (Å²) in [5.41, 5.74) is 1.65. The van der Waals surface area contributed by atoms with Crippen LogP contribution in [0.1, 0.15) is 11.4 Å². The Morgan fingerprint density at radius 3 is 2.64 bits per heavy atom. The van der Waals surface area contributed by atoms with Crippen molar-refractivity contribution in [3.8, 4) is 5.75 Å². The van der Waals surface area contributed by atoms with Gasteiger partial charge < -0.3 is 19.9 Å². The van der Waals surface area contributed by atoms with E-state index in [1.165, 1.54) is 30.0 Å². The Kier molecular flexibility index (Phi) is 7.61. The zero-order valence-corrected chi connectivity index (χ0v) is 19.0. The van der Waals surface area contributed by atoms with Gasteiger partial charge in [0.05, 0.1) is 24.2 Å². The van der Waals surface area contributed by atoms with Crippen LogP contribution in [0.4, 0.5) is 17.1 Å². The van der Waals surface area contributed by atoms with Gasteiger partial charge in [0, 0.05) is 36.6 Å². The number of non-ortho nitro benzene ring substituents is 1. The molecule has 172 valence electrons. The maximum absolute atomic E-state index is 12.4. The zero-order valence-electron chi connectivity index (χ0n) is 18.2. The maximum Gasteiger partial charge on any atom is 0.269 e. The van der Waals surface area contributed by atoms with Gasteiger partial charge in [-0.2, -0.15) is 0 Å². The van der Waals surface area contributed by atoms with Crippen molar-refractivity contribution in [3.63, 3.8) is 0 Å². The van der Waals surface area contributed by atoms with Gasteiger partial charge in [-0.25, -0.2) is 0 Å². The van der Waals surface area contributed by atoms with Gasteiger partial charge in [0.2, 0.25) is 11.8 Å². The lowest BCUT2D eigenvalue weighted by Crippen LogP contribution is -2.17. The lowest BCUT2D eigenvalue weighted by molar-refractivity contribution is -0.384. The number of hydrogen-bond acceptors (Lipinski definition) is 8. The number of hydrogen-bond donors (Lipinski definition) is 2. The molecular formula is C21H22N6O5S. The number of amides is 2. The Morgan fingerprint density at radius 2 is 1.94 bits per heavy atom. The molecule has 2 aromatic carbocycles. The fraction of sp³-hybridized carbons (Fsp3) is 0.238. The molecule has 1 aromatic heterocycles. The standard InChI is InChI=1S/C21H22N6O5S/c1-13-9-15(27(30)31)7-8-17(13)23-20(29)12-33-21-25-24-18(26(21)2)11-19(28)22-14-5-4-6-16(10-14)32-3/h4-10H,11-12H2,1-3H3,(H,22,28)(H,23,29). The predicted octanol–water partition coefficient (Wildman–Crippen LogP) is 2.95. The van der Waals surface area contributed by atoms with Gasteiger partial charge >= 0.3 is 0 Å². The fourth-order valence-corrected chi connectivity index (χ4v) is 3.62. The Labute approximate surface area is 193 Å². The first kappa shape index (κ1) is 23.7. The zero-order chi connectivity index (χ0) is 24.0. The molecule has 0 saturated heterocycles. The third-order valence-electron chi connectivity index (χ3n) is 4.62. The second kappa shape index (κ2) is 10.6. The largest absolute Gasteiger partial charge is 0.497 e. The second-order valence-electron chi connectivity index (χ2n) is 7.01. The molecule has 0 radical (unpaired) electrons. The number of nitro groups is 1. The van der Waals surface area contributed by atoms with Crippen LogP contribution < -0.4 is 15.4 Å². The van der Waals surface area contributed by atoms with E-state index in [-0.39, 0.29) is 29.7 Å². The molecule has 0 spiro atoms. The lowest BCUT2D eigenvalue weighted by Gasteiger charge is -2.08. The SMILES string of the molecule is COc1cccc(NC(=O)Cc2nnc(SCC(=O)Nc3ccc([N+](=O)[O-])cc3C)n2C)c1. The van der Waals surface area contributed by atoms with Crippen LogP contribution in [0.15, 0.2) is 47.6 Å². The fourth-order valence-electron chi connectivity index (χ4n) is 2.89. The minimum absolute atomic E-state index is 0.00938. The van der Waals surface area contributed by atoms with Gasteiger partial charge in [0.25, 0.3) is 5.69 Å². The average molecular weight is 471 g/mol. The van der Waals surface area contributed by atoms with E-state index < -0.39 is 4.92 Å². The van der Waals surface area contributed by atoms with E-state index in [0.717, 1.165) is 0 Å². The number of anilines is 2. The maximum atomic E-state index is 12.4. The molecule has 0 atom stereocenters. The average Bonchev–Trinajstić information content (AvgIpc) is 3.12. The van der Waals surface area contributed by atoms with Gasteiger partial charge in [-0.15, -0.1) is 10.2 Å². The third kappa shape index (κ3) is 6.29. The molecule has 3 rings (SSSR count). The molecule has 0 saturated carbocycles. The van der Waals surface area contributed by atoms with E-state index >= 15 is 0 Å². The number of carbonyl (C=O) groups is 2. The summed E-state index contributed by atoms with van der Waals surface area (Å²) in [6, 6.07) is 11.2. The van der Waals surface area contributed by atoms with Crippen molar-refractivity contribution in [2.45, 2.75) is 18.5 Å². The highest BCUT2D eigenvalue weighted by atomic mass is 32.2. The first-order chi connectivity index (χ1) is 15.8. The van der Waals surface area contributed by atoms with Crippen LogP contribution in [0.2, 0.25) is 0 Å². The number of nitro benzene ring substituents is 1. The molecule has 11 nitrogen and oxygen atoms in total. The molecule has 33 heavy (non-hydrogen) atoms. The number of ether oxygens (including phenoxy) is 1. The molecule has 0 aliphatic rings. The smallest absolute Gasteiger partial charge is 0.269 e. The van der Waals surface area contributed by atoms with E-state index in [9.17, 15) is 19.7 Å². The van der Waals surface area contributed by atoms with Gasteiger partial charge in [-0.05, 0) is 30.7 Å². The summed E-state index contributed by atoms with van der Waals surface area (Å²) in [6.45, 7) is 1.68. The van der Waals surface area contributed by atoms with Crippen LogP contribution in [0, 0.1) is 17.0 Å². The summed E-state index contributed by atoms with van der Waals surface area (Å²) < 4.78 is 6.79. The van der Waals surface area contributed by atoms with E-state index in [2.05, 4.69) is 20.8 Å². The number of aromatic nitrogens is 3. The third-order valence-corrected chi connectivity index (χ3v) is 5.64. The van der Waals surface area contributed by atoms with Crippen LogP contribution in [0.25, 0.3) is 0 Å². The number of nitrogens with zero attached hydrogens (tertiary/aromatic N) is 4. The van der Waals surface area contributed by atoms with Crippen molar-refractivity contribution in [3.05, 3.63) is 64.0 Å². The topological polar surface area (TPSA) is 141 Å². The van der Waals surface area contributed by atoms with E-state index in [0.29, 0.717) is 33.7 Å². The van der Waals surface area contributed by atoms with E-state index in [4.69, 9.17) is 4.74 Å². The lowest BCUT2D eigenvalue weighted by atomic mass is 10.2. The normalized spacial score (nSPS) is 10.5.